The molecule has 0 unspecified atom stereocenters. The van der Waals surface area contributed by atoms with E-state index in [1.54, 1.807) is 11.3 Å². The predicted molar refractivity (Wildman–Crippen MR) is 88.9 cm³/mol. The Morgan fingerprint density at radius 1 is 1.15 bits per heavy atom. The molecule has 98 valence electrons. The van der Waals surface area contributed by atoms with Crippen molar-refractivity contribution in [2.24, 2.45) is 0 Å². The molecule has 0 N–H and O–H groups in total. The van der Waals surface area contributed by atoms with Crippen LogP contribution in [0.1, 0.15) is 12.6 Å². The maximum absolute atomic E-state index is 4.82. The highest BCUT2D eigenvalue weighted by Gasteiger charge is 2.09. The molecule has 0 saturated carbocycles. The lowest BCUT2D eigenvalue weighted by Crippen LogP contribution is -1.87. The SMILES string of the molecule is C=C/C(=C\C)c1ccc2scc(-c3ccccc3)c2n1. The van der Waals surface area contributed by atoms with Crippen molar-refractivity contribution in [1.82, 2.24) is 4.98 Å². The molecule has 0 aliphatic carbocycles. The number of hydrogen-bond acceptors (Lipinski definition) is 2. The maximum Gasteiger partial charge on any atom is 0.0895 e. The standard InChI is InChI=1S/C18H15NS/c1-3-13(4-2)16-10-11-17-18(19-16)15(12-20-17)14-8-6-5-7-9-14/h3-12H,1H2,2H3/b13-4+. The normalized spacial score (nSPS) is 11.8. The van der Waals surface area contributed by atoms with Gasteiger partial charge in [0.1, 0.15) is 0 Å². The number of pyridine rings is 1. The molecule has 0 aliphatic rings. The fourth-order valence-corrected chi connectivity index (χ4v) is 3.17. The monoisotopic (exact) mass is 277 g/mol. The van der Waals surface area contributed by atoms with E-state index in [1.807, 2.05) is 25.1 Å². The molecule has 3 aromatic rings. The molecule has 2 heterocycles. The van der Waals surface area contributed by atoms with Gasteiger partial charge in [0.2, 0.25) is 0 Å². The topological polar surface area (TPSA) is 12.9 Å². The number of fused-ring (bicyclic) bond motifs is 1. The second-order valence-corrected chi connectivity index (χ2v) is 5.42. The molecule has 0 aliphatic heterocycles. The average molecular weight is 277 g/mol. The van der Waals surface area contributed by atoms with Gasteiger partial charge in [-0.1, -0.05) is 49.1 Å². The molecule has 0 amide bonds. The van der Waals surface area contributed by atoms with E-state index in [4.69, 9.17) is 4.98 Å². The highest BCUT2D eigenvalue weighted by Crippen LogP contribution is 2.33. The van der Waals surface area contributed by atoms with Gasteiger partial charge in [-0.25, -0.2) is 4.98 Å². The van der Waals surface area contributed by atoms with Crippen molar-refractivity contribution in [3.63, 3.8) is 0 Å². The summed E-state index contributed by atoms with van der Waals surface area (Å²) in [5.41, 5.74) is 5.53. The van der Waals surface area contributed by atoms with E-state index >= 15 is 0 Å². The quantitative estimate of drug-likeness (QED) is 0.572. The van der Waals surface area contributed by atoms with Gasteiger partial charge >= 0.3 is 0 Å². The van der Waals surface area contributed by atoms with Crippen LogP contribution in [0.2, 0.25) is 0 Å². The number of hydrogen-bond donors (Lipinski definition) is 0. The summed E-state index contributed by atoms with van der Waals surface area (Å²) in [6, 6.07) is 14.6. The number of thiophene rings is 1. The predicted octanol–water partition coefficient (Wildman–Crippen LogP) is 5.55. The third-order valence-electron chi connectivity index (χ3n) is 3.33. The first kappa shape index (κ1) is 12.8. The van der Waals surface area contributed by atoms with Crippen molar-refractivity contribution >= 4 is 27.1 Å². The number of aromatic nitrogens is 1. The Kier molecular flexibility index (Phi) is 3.48. The molecular weight excluding hydrogens is 262 g/mol. The number of nitrogens with zero attached hydrogens (tertiary/aromatic N) is 1. The third kappa shape index (κ3) is 2.19. The molecule has 2 heteroatoms. The zero-order valence-electron chi connectivity index (χ0n) is 11.3. The van der Waals surface area contributed by atoms with Crippen LogP contribution in [-0.4, -0.2) is 4.98 Å². The minimum absolute atomic E-state index is 0.977. The van der Waals surface area contributed by atoms with Crippen molar-refractivity contribution in [3.8, 4) is 11.1 Å². The number of allylic oxidation sites excluding steroid dienone is 3. The van der Waals surface area contributed by atoms with Crippen LogP contribution in [0, 0.1) is 0 Å². The van der Waals surface area contributed by atoms with Crippen LogP contribution in [0.4, 0.5) is 0 Å². The van der Waals surface area contributed by atoms with Crippen LogP contribution in [-0.2, 0) is 0 Å². The molecule has 20 heavy (non-hydrogen) atoms. The lowest BCUT2D eigenvalue weighted by atomic mass is 10.1. The van der Waals surface area contributed by atoms with E-state index in [-0.39, 0.29) is 0 Å². The number of rotatable bonds is 3. The minimum Gasteiger partial charge on any atom is -0.246 e. The second kappa shape index (κ2) is 5.43. The molecular formula is C18H15NS. The third-order valence-corrected chi connectivity index (χ3v) is 4.27. The van der Waals surface area contributed by atoms with Crippen LogP contribution >= 0.6 is 11.3 Å². The Hall–Kier alpha value is -2.19. The highest BCUT2D eigenvalue weighted by atomic mass is 32.1. The van der Waals surface area contributed by atoms with Gasteiger partial charge < -0.3 is 0 Å². The van der Waals surface area contributed by atoms with E-state index in [9.17, 15) is 0 Å². The first-order chi connectivity index (χ1) is 9.83. The summed E-state index contributed by atoms with van der Waals surface area (Å²) in [4.78, 5) is 4.82. The van der Waals surface area contributed by atoms with Crippen LogP contribution in [0.3, 0.4) is 0 Å². The summed E-state index contributed by atoms with van der Waals surface area (Å²) in [6.45, 7) is 5.86. The van der Waals surface area contributed by atoms with Crippen LogP contribution in [0.15, 0.2) is 66.6 Å². The largest absolute Gasteiger partial charge is 0.246 e. The van der Waals surface area contributed by atoms with Crippen LogP contribution in [0.25, 0.3) is 26.9 Å². The first-order valence-corrected chi connectivity index (χ1v) is 7.44. The van der Waals surface area contributed by atoms with Gasteiger partial charge in [0, 0.05) is 10.9 Å². The van der Waals surface area contributed by atoms with E-state index < -0.39 is 0 Å². The summed E-state index contributed by atoms with van der Waals surface area (Å²) >= 11 is 1.74. The lowest BCUT2D eigenvalue weighted by Gasteiger charge is -2.03. The molecule has 1 nitrogen and oxygen atoms in total. The van der Waals surface area contributed by atoms with E-state index in [1.165, 1.54) is 15.8 Å². The Morgan fingerprint density at radius 2 is 1.95 bits per heavy atom. The van der Waals surface area contributed by atoms with Gasteiger partial charge in [-0.2, -0.15) is 0 Å². The molecule has 0 atom stereocenters. The molecule has 0 saturated heterocycles. The summed E-state index contributed by atoms with van der Waals surface area (Å²) < 4.78 is 1.21. The van der Waals surface area contributed by atoms with E-state index in [0.29, 0.717) is 0 Å². The van der Waals surface area contributed by atoms with Gasteiger partial charge in [-0.3, -0.25) is 0 Å². The lowest BCUT2D eigenvalue weighted by molar-refractivity contribution is 1.36. The van der Waals surface area contributed by atoms with Gasteiger partial charge in [0.15, 0.2) is 0 Å². The first-order valence-electron chi connectivity index (χ1n) is 6.56. The van der Waals surface area contributed by atoms with Crippen LogP contribution < -0.4 is 0 Å². The van der Waals surface area contributed by atoms with Gasteiger partial charge in [-0.05, 0) is 30.2 Å². The summed E-state index contributed by atoms with van der Waals surface area (Å²) in [5.74, 6) is 0. The summed E-state index contributed by atoms with van der Waals surface area (Å²) in [5, 5.41) is 2.18. The fraction of sp³-hybridized carbons (Fsp3) is 0.0556. The molecule has 0 spiro atoms. The Morgan fingerprint density at radius 3 is 2.65 bits per heavy atom. The fourth-order valence-electron chi connectivity index (χ4n) is 2.27. The molecule has 1 aromatic carbocycles. The highest BCUT2D eigenvalue weighted by molar-refractivity contribution is 7.17. The van der Waals surface area contributed by atoms with E-state index in [0.717, 1.165) is 16.8 Å². The maximum atomic E-state index is 4.82. The molecule has 0 fully saturated rings. The van der Waals surface area contributed by atoms with Gasteiger partial charge in [0.25, 0.3) is 0 Å². The second-order valence-electron chi connectivity index (χ2n) is 4.51. The molecule has 0 bridgehead atoms. The van der Waals surface area contributed by atoms with Crippen molar-refractivity contribution in [2.75, 3.05) is 0 Å². The Bertz CT molecular complexity index is 782. The molecule has 0 radical (unpaired) electrons. The van der Waals surface area contributed by atoms with E-state index in [2.05, 4.69) is 48.4 Å². The van der Waals surface area contributed by atoms with Crippen molar-refractivity contribution in [3.05, 3.63) is 72.3 Å². The zero-order valence-corrected chi connectivity index (χ0v) is 12.2. The minimum atomic E-state index is 0.977. The summed E-state index contributed by atoms with van der Waals surface area (Å²) in [7, 11) is 0. The Labute approximate surface area is 122 Å². The molecule has 3 rings (SSSR count). The van der Waals surface area contributed by atoms with Crippen molar-refractivity contribution in [1.29, 1.82) is 0 Å². The Balaban J connectivity index is 2.21. The molecule has 2 aromatic heterocycles. The van der Waals surface area contributed by atoms with Gasteiger partial charge in [0.05, 0.1) is 15.9 Å². The van der Waals surface area contributed by atoms with Crippen molar-refractivity contribution in [2.45, 2.75) is 6.92 Å². The smallest absolute Gasteiger partial charge is 0.0895 e. The zero-order chi connectivity index (χ0) is 13.9. The number of benzene rings is 1. The van der Waals surface area contributed by atoms with Gasteiger partial charge in [-0.15, -0.1) is 11.3 Å². The van der Waals surface area contributed by atoms with Crippen LogP contribution in [0.5, 0.6) is 0 Å². The summed E-state index contributed by atoms with van der Waals surface area (Å²) in [6.07, 6.45) is 3.89. The van der Waals surface area contributed by atoms with Crippen molar-refractivity contribution < 1.29 is 0 Å². The average Bonchev–Trinajstić information content (AvgIpc) is 2.93.